The molecule has 0 aliphatic carbocycles. The van der Waals surface area contributed by atoms with Crippen molar-refractivity contribution in [3.63, 3.8) is 0 Å². The largest absolute Gasteiger partial charge is 0.336 e. The molecule has 0 radical (unpaired) electrons. The van der Waals surface area contributed by atoms with E-state index in [-0.39, 0.29) is 0 Å². The predicted molar refractivity (Wildman–Crippen MR) is 153 cm³/mol. The molecule has 5 aromatic rings. The number of nitrogens with one attached hydrogen (secondary N) is 2. The molecule has 5 aromatic heterocycles. The minimum absolute atomic E-state index is 0.576. The fourth-order valence-corrected chi connectivity index (χ4v) is 6.08. The van der Waals surface area contributed by atoms with E-state index in [0.717, 1.165) is 68.5 Å². The summed E-state index contributed by atoms with van der Waals surface area (Å²) in [6.07, 6.45) is 14.7. The van der Waals surface area contributed by atoms with E-state index in [9.17, 15) is 0 Å². The van der Waals surface area contributed by atoms with Gasteiger partial charge in [-0.05, 0) is 86.6 Å². The van der Waals surface area contributed by atoms with E-state index in [1.807, 2.05) is 30.7 Å². The molecule has 9 heteroatoms. The van der Waals surface area contributed by atoms with Crippen molar-refractivity contribution >= 4 is 40.2 Å². The number of aromatic amines is 2. The monoisotopic (exact) mass is 520 g/mol. The van der Waals surface area contributed by atoms with E-state index in [1.54, 1.807) is 11.3 Å². The zero-order valence-electron chi connectivity index (χ0n) is 21.0. The highest BCUT2D eigenvalue weighted by molar-refractivity contribution is 7.13. The first-order valence-electron chi connectivity index (χ1n) is 13.2. The number of thiophene rings is 1. The number of aliphatic imine (C=N–C) groups is 1. The molecular formula is C29H28N8S. The molecule has 2 N–H and O–H groups in total. The molecule has 0 saturated carbocycles. The van der Waals surface area contributed by atoms with Crippen LogP contribution in [0.5, 0.6) is 0 Å². The lowest BCUT2D eigenvalue weighted by Gasteiger charge is -2.14. The van der Waals surface area contributed by atoms with Crippen molar-refractivity contribution in [3.05, 3.63) is 69.9 Å². The standard InChI is InChI=1S/C29H28N8S/c1-2-12-37(11-1)13-3-5-19-15-20(18-30-17-19)24-16-21-22(7-9-31-24)35-36-26(21)29-33-23-8-10-32-28(27(23)34-29)25-6-4-14-38-25/h4,6-8,10,14-18,35H,1-3,5,9,11-13H2,(H,33,34). The van der Waals surface area contributed by atoms with Crippen LogP contribution in [0.15, 0.2) is 53.2 Å². The van der Waals surface area contributed by atoms with Crippen LogP contribution >= 0.6 is 11.3 Å². The summed E-state index contributed by atoms with van der Waals surface area (Å²) in [5.41, 5.74) is 6.64. The molecule has 0 unspecified atom stereocenters. The van der Waals surface area contributed by atoms with Gasteiger partial charge in [0.05, 0.1) is 28.0 Å². The minimum atomic E-state index is 0.576. The molecular weight excluding hydrogens is 492 g/mol. The number of imidazole rings is 1. The molecule has 0 spiro atoms. The third-order valence-corrected chi connectivity index (χ3v) is 8.16. The first-order valence-corrected chi connectivity index (χ1v) is 14.1. The third kappa shape index (κ3) is 4.48. The Morgan fingerprint density at radius 1 is 1.08 bits per heavy atom. The van der Waals surface area contributed by atoms with Crippen molar-refractivity contribution < 1.29 is 0 Å². The fourth-order valence-electron chi connectivity index (χ4n) is 5.36. The highest BCUT2D eigenvalue weighted by Crippen LogP contribution is 2.29. The van der Waals surface area contributed by atoms with Gasteiger partial charge >= 0.3 is 0 Å². The summed E-state index contributed by atoms with van der Waals surface area (Å²) >= 11 is 1.66. The molecule has 0 atom stereocenters. The van der Waals surface area contributed by atoms with Gasteiger partial charge in [0.15, 0.2) is 5.82 Å². The van der Waals surface area contributed by atoms with Gasteiger partial charge in [0.25, 0.3) is 0 Å². The Morgan fingerprint density at radius 2 is 2.03 bits per heavy atom. The maximum atomic E-state index is 4.94. The van der Waals surface area contributed by atoms with Crippen LogP contribution in [0.2, 0.25) is 0 Å². The minimum Gasteiger partial charge on any atom is -0.336 e. The number of rotatable bonds is 7. The molecule has 190 valence electrons. The Hall–Kier alpha value is -3.95. The Bertz CT molecular complexity index is 1740. The summed E-state index contributed by atoms with van der Waals surface area (Å²) in [4.78, 5) is 26.1. The van der Waals surface area contributed by atoms with E-state index < -0.39 is 0 Å². The normalized spacial score (nSPS) is 15.6. The van der Waals surface area contributed by atoms with Gasteiger partial charge in [-0.3, -0.25) is 20.1 Å². The maximum absolute atomic E-state index is 4.94. The predicted octanol–water partition coefficient (Wildman–Crippen LogP) is 3.56. The molecule has 0 bridgehead atoms. The molecule has 2 aliphatic heterocycles. The number of aromatic nitrogens is 6. The zero-order chi connectivity index (χ0) is 25.3. The summed E-state index contributed by atoms with van der Waals surface area (Å²) in [5, 5.41) is 11.8. The van der Waals surface area contributed by atoms with Crippen LogP contribution in [0.4, 0.5) is 0 Å². The molecule has 7 rings (SSSR count). The Labute approximate surface area is 223 Å². The lowest BCUT2D eigenvalue weighted by molar-refractivity contribution is 0.334. The quantitative estimate of drug-likeness (QED) is 0.342. The van der Waals surface area contributed by atoms with Crippen LogP contribution in [0.1, 0.15) is 30.4 Å². The molecule has 0 aromatic carbocycles. The number of pyridine rings is 2. The van der Waals surface area contributed by atoms with Crippen LogP contribution < -0.4 is 10.6 Å². The van der Waals surface area contributed by atoms with Crippen LogP contribution in [0.3, 0.4) is 0 Å². The summed E-state index contributed by atoms with van der Waals surface area (Å²) in [6, 6.07) is 8.29. The van der Waals surface area contributed by atoms with Crippen molar-refractivity contribution in [2.45, 2.75) is 25.7 Å². The number of nitrogens with zero attached hydrogens (tertiary/aromatic N) is 6. The van der Waals surface area contributed by atoms with Gasteiger partial charge in [-0.15, -0.1) is 11.3 Å². The van der Waals surface area contributed by atoms with Crippen LogP contribution in [0.25, 0.3) is 45.3 Å². The number of fused-ring (bicyclic) bond motifs is 2. The number of likely N-dealkylation sites (tertiary alicyclic amines) is 1. The molecule has 2 aliphatic rings. The van der Waals surface area contributed by atoms with Crippen molar-refractivity contribution in [1.82, 2.24) is 35.0 Å². The molecule has 1 saturated heterocycles. The lowest BCUT2D eigenvalue weighted by Crippen LogP contribution is -2.24. The van der Waals surface area contributed by atoms with Crippen molar-refractivity contribution in [3.8, 4) is 22.1 Å². The summed E-state index contributed by atoms with van der Waals surface area (Å²) in [7, 11) is 0. The van der Waals surface area contributed by atoms with Gasteiger partial charge in [-0.25, -0.2) is 4.98 Å². The van der Waals surface area contributed by atoms with E-state index in [2.05, 4.69) is 59.7 Å². The van der Waals surface area contributed by atoms with Gasteiger partial charge < -0.3 is 9.88 Å². The molecule has 7 heterocycles. The average Bonchev–Trinajstić information content (AvgIpc) is 3.75. The van der Waals surface area contributed by atoms with Crippen LogP contribution in [0, 0.1) is 0 Å². The van der Waals surface area contributed by atoms with Gasteiger partial charge in [0.1, 0.15) is 16.9 Å². The van der Waals surface area contributed by atoms with Crippen LogP contribution in [-0.2, 0) is 6.42 Å². The first-order chi connectivity index (χ1) is 18.8. The van der Waals surface area contributed by atoms with Crippen molar-refractivity contribution in [2.24, 2.45) is 4.99 Å². The van der Waals surface area contributed by atoms with Gasteiger partial charge in [0, 0.05) is 29.4 Å². The van der Waals surface area contributed by atoms with Gasteiger partial charge in [-0.1, -0.05) is 6.07 Å². The summed E-state index contributed by atoms with van der Waals surface area (Å²) in [5.74, 6) is 0.711. The van der Waals surface area contributed by atoms with Gasteiger partial charge in [0.2, 0.25) is 0 Å². The van der Waals surface area contributed by atoms with Crippen molar-refractivity contribution in [1.29, 1.82) is 0 Å². The van der Waals surface area contributed by atoms with Crippen molar-refractivity contribution in [2.75, 3.05) is 26.2 Å². The lowest BCUT2D eigenvalue weighted by atomic mass is 10.1. The van der Waals surface area contributed by atoms with Gasteiger partial charge in [-0.2, -0.15) is 5.10 Å². The van der Waals surface area contributed by atoms with E-state index >= 15 is 0 Å². The Kier molecular flexibility index (Phi) is 6.15. The van der Waals surface area contributed by atoms with E-state index in [1.165, 1.54) is 31.5 Å². The third-order valence-electron chi connectivity index (χ3n) is 7.28. The second-order valence-corrected chi connectivity index (χ2v) is 10.8. The highest BCUT2D eigenvalue weighted by Gasteiger charge is 2.17. The number of aryl methyl sites for hydroxylation is 1. The number of hydrogen-bond donors (Lipinski definition) is 2. The highest BCUT2D eigenvalue weighted by atomic mass is 32.1. The first kappa shape index (κ1) is 23.2. The number of hydrogen-bond acceptors (Lipinski definition) is 7. The van der Waals surface area contributed by atoms with E-state index in [4.69, 9.17) is 9.98 Å². The summed E-state index contributed by atoms with van der Waals surface area (Å²) in [6.45, 7) is 4.22. The summed E-state index contributed by atoms with van der Waals surface area (Å²) < 4.78 is 0. The topological polar surface area (TPSA) is 98.7 Å². The second kappa shape index (κ2) is 10.1. The Morgan fingerprint density at radius 3 is 2.92 bits per heavy atom. The molecule has 38 heavy (non-hydrogen) atoms. The SMILES string of the molecule is C1=c2[nH]nc(-c3nc4c(-c5cccs5)nccc4[nH]3)c2=CC(c2cncc(CCCN3CCCC3)c2)=NC1. The molecule has 0 amide bonds. The average molecular weight is 521 g/mol. The number of H-pyrrole nitrogens is 2. The second-order valence-electron chi connectivity index (χ2n) is 9.83. The zero-order valence-corrected chi connectivity index (χ0v) is 21.8. The Balaban J connectivity index is 1.21. The maximum Gasteiger partial charge on any atom is 0.159 e. The van der Waals surface area contributed by atoms with Crippen LogP contribution in [-0.4, -0.2) is 66.9 Å². The molecule has 8 nitrogen and oxygen atoms in total. The van der Waals surface area contributed by atoms with E-state index in [0.29, 0.717) is 12.4 Å². The fraction of sp³-hybridized carbons (Fsp3) is 0.276. The molecule has 1 fully saturated rings. The smallest absolute Gasteiger partial charge is 0.159 e.